The van der Waals surface area contributed by atoms with Crippen LogP contribution in [0.4, 0.5) is 0 Å². The van der Waals surface area contributed by atoms with Crippen LogP contribution in [0, 0.1) is 0 Å². The lowest BCUT2D eigenvalue weighted by molar-refractivity contribution is 0.0600. The second-order valence-electron chi connectivity index (χ2n) is 4.04. The van der Waals surface area contributed by atoms with Crippen molar-refractivity contribution in [2.24, 2.45) is 0 Å². The molecular weight excluding hydrogens is 317 g/mol. The van der Waals surface area contributed by atoms with E-state index in [9.17, 15) is 9.59 Å². The lowest BCUT2D eigenvalue weighted by Crippen LogP contribution is -2.06. The Hall–Kier alpha value is -2.11. The first-order valence-electron chi connectivity index (χ1n) is 5.71. The number of methoxy groups -OCH3 is 1. The Morgan fingerprint density at radius 2 is 1.90 bits per heavy atom. The molecule has 0 atom stereocenters. The quantitative estimate of drug-likeness (QED) is 0.873. The van der Waals surface area contributed by atoms with Crippen molar-refractivity contribution in [1.29, 1.82) is 0 Å². The summed E-state index contributed by atoms with van der Waals surface area (Å²) < 4.78 is 4.67. The highest BCUT2D eigenvalue weighted by molar-refractivity contribution is 6.33. The maximum atomic E-state index is 11.8. The number of carbonyl (C=O) groups is 2. The van der Waals surface area contributed by atoms with Crippen molar-refractivity contribution in [2.45, 2.75) is 0 Å². The van der Waals surface area contributed by atoms with Crippen molar-refractivity contribution < 1.29 is 19.4 Å². The summed E-state index contributed by atoms with van der Waals surface area (Å²) in [6, 6.07) is 5.74. The first-order chi connectivity index (χ1) is 9.93. The molecule has 0 radical (unpaired) electrons. The van der Waals surface area contributed by atoms with Gasteiger partial charge in [-0.2, -0.15) is 0 Å². The van der Waals surface area contributed by atoms with Gasteiger partial charge in [-0.1, -0.05) is 29.3 Å². The monoisotopic (exact) mass is 325 g/mol. The molecule has 0 aliphatic carbocycles. The van der Waals surface area contributed by atoms with E-state index in [-0.39, 0.29) is 26.9 Å². The maximum absolute atomic E-state index is 11.8. The lowest BCUT2D eigenvalue weighted by atomic mass is 10.0. The fourth-order valence-electron chi connectivity index (χ4n) is 1.77. The molecule has 2 aromatic rings. The Balaban J connectivity index is 2.64. The third kappa shape index (κ3) is 3.15. The summed E-state index contributed by atoms with van der Waals surface area (Å²) in [5.41, 5.74) is 0.754. The molecule has 0 amide bonds. The van der Waals surface area contributed by atoms with Gasteiger partial charge in [0.1, 0.15) is 0 Å². The van der Waals surface area contributed by atoms with Gasteiger partial charge in [0.05, 0.1) is 34.0 Å². The number of hydrogen-bond acceptors (Lipinski definition) is 4. The predicted molar refractivity (Wildman–Crippen MR) is 78.0 cm³/mol. The Morgan fingerprint density at radius 3 is 2.52 bits per heavy atom. The zero-order chi connectivity index (χ0) is 15.6. The van der Waals surface area contributed by atoms with Gasteiger partial charge >= 0.3 is 11.9 Å². The Kier molecular flexibility index (Phi) is 4.45. The van der Waals surface area contributed by atoms with E-state index in [0.29, 0.717) is 5.56 Å². The number of carbonyl (C=O) groups excluding carboxylic acids is 1. The van der Waals surface area contributed by atoms with Gasteiger partial charge in [0.25, 0.3) is 0 Å². The highest BCUT2D eigenvalue weighted by Crippen LogP contribution is 2.28. The molecule has 0 aliphatic rings. The van der Waals surface area contributed by atoms with Crippen LogP contribution in [0.25, 0.3) is 11.3 Å². The summed E-state index contributed by atoms with van der Waals surface area (Å²) in [6.45, 7) is 0. The van der Waals surface area contributed by atoms with Crippen LogP contribution in [0.1, 0.15) is 20.7 Å². The molecule has 0 saturated heterocycles. The summed E-state index contributed by atoms with van der Waals surface area (Å²) in [5, 5.41) is 9.46. The van der Waals surface area contributed by atoms with Crippen LogP contribution in [-0.2, 0) is 4.74 Å². The molecule has 1 aromatic carbocycles. The first kappa shape index (κ1) is 15.3. The van der Waals surface area contributed by atoms with Crippen LogP contribution in [0.3, 0.4) is 0 Å². The second kappa shape index (κ2) is 6.11. The molecule has 0 aliphatic heterocycles. The number of aromatic nitrogens is 1. The molecule has 0 fully saturated rings. The van der Waals surface area contributed by atoms with Crippen molar-refractivity contribution in [3.8, 4) is 11.3 Å². The van der Waals surface area contributed by atoms with E-state index in [1.54, 1.807) is 6.07 Å². The van der Waals surface area contributed by atoms with E-state index < -0.39 is 11.9 Å². The zero-order valence-corrected chi connectivity index (χ0v) is 12.3. The minimum absolute atomic E-state index is 0.0817. The number of rotatable bonds is 3. The first-order valence-corrected chi connectivity index (χ1v) is 6.46. The predicted octanol–water partition coefficient (Wildman–Crippen LogP) is 3.54. The molecule has 0 saturated carbocycles. The number of hydrogen-bond donors (Lipinski definition) is 1. The molecule has 108 valence electrons. The number of nitrogens with zero attached hydrogens (tertiary/aromatic N) is 1. The number of benzene rings is 1. The standard InChI is InChI=1S/C14H9Cl2NO4/c1-21-14(20)10-5-8(15)6-17-12(10)7-2-3-11(16)9(4-7)13(18)19/h2-6H,1H3,(H,18,19). The average molecular weight is 326 g/mol. The molecular formula is C14H9Cl2NO4. The highest BCUT2D eigenvalue weighted by Gasteiger charge is 2.18. The minimum atomic E-state index is -1.17. The number of carboxylic acids is 1. The van der Waals surface area contributed by atoms with Gasteiger partial charge < -0.3 is 9.84 Å². The Labute approximate surface area is 130 Å². The molecule has 1 aromatic heterocycles. The van der Waals surface area contributed by atoms with Crippen molar-refractivity contribution in [2.75, 3.05) is 7.11 Å². The maximum Gasteiger partial charge on any atom is 0.340 e. The van der Waals surface area contributed by atoms with Crippen LogP contribution in [0.5, 0.6) is 0 Å². The fourth-order valence-corrected chi connectivity index (χ4v) is 2.13. The number of halogens is 2. The van der Waals surface area contributed by atoms with Gasteiger partial charge in [-0.25, -0.2) is 9.59 Å². The topological polar surface area (TPSA) is 76.5 Å². The number of pyridine rings is 1. The Morgan fingerprint density at radius 1 is 1.19 bits per heavy atom. The number of carboxylic acid groups (broad SMARTS) is 1. The summed E-state index contributed by atoms with van der Waals surface area (Å²) in [6.07, 6.45) is 1.36. The summed E-state index contributed by atoms with van der Waals surface area (Å²) in [5.74, 6) is -1.79. The van der Waals surface area contributed by atoms with Crippen molar-refractivity contribution in [3.05, 3.63) is 51.6 Å². The van der Waals surface area contributed by atoms with E-state index in [1.807, 2.05) is 0 Å². The van der Waals surface area contributed by atoms with Gasteiger partial charge in [-0.3, -0.25) is 4.98 Å². The van der Waals surface area contributed by atoms with Gasteiger partial charge in [-0.05, 0) is 18.2 Å². The third-order valence-electron chi connectivity index (χ3n) is 2.73. The number of esters is 1. The van der Waals surface area contributed by atoms with Crippen LogP contribution in [0.2, 0.25) is 10.0 Å². The van der Waals surface area contributed by atoms with E-state index in [4.69, 9.17) is 28.3 Å². The zero-order valence-electron chi connectivity index (χ0n) is 10.8. The van der Waals surface area contributed by atoms with Gasteiger partial charge in [-0.15, -0.1) is 0 Å². The molecule has 0 spiro atoms. The smallest absolute Gasteiger partial charge is 0.340 e. The van der Waals surface area contributed by atoms with Crippen molar-refractivity contribution in [3.63, 3.8) is 0 Å². The van der Waals surface area contributed by atoms with Gasteiger partial charge in [0, 0.05) is 11.8 Å². The SMILES string of the molecule is COC(=O)c1cc(Cl)cnc1-c1ccc(Cl)c(C(=O)O)c1. The minimum Gasteiger partial charge on any atom is -0.478 e. The summed E-state index contributed by atoms with van der Waals surface area (Å²) in [7, 11) is 1.23. The molecule has 1 heterocycles. The number of ether oxygens (including phenoxy) is 1. The summed E-state index contributed by atoms with van der Waals surface area (Å²) >= 11 is 11.6. The van der Waals surface area contributed by atoms with Crippen LogP contribution in [-0.4, -0.2) is 29.1 Å². The number of aromatic carboxylic acids is 1. The Bertz CT molecular complexity index is 731. The van der Waals surface area contributed by atoms with Gasteiger partial charge in [0.2, 0.25) is 0 Å². The molecule has 0 unspecified atom stereocenters. The van der Waals surface area contributed by atoms with Crippen molar-refractivity contribution >= 4 is 35.1 Å². The average Bonchev–Trinajstić information content (AvgIpc) is 2.46. The molecule has 21 heavy (non-hydrogen) atoms. The van der Waals surface area contributed by atoms with Crippen LogP contribution in [0.15, 0.2) is 30.5 Å². The van der Waals surface area contributed by atoms with E-state index >= 15 is 0 Å². The van der Waals surface area contributed by atoms with E-state index in [0.717, 1.165) is 0 Å². The van der Waals surface area contributed by atoms with Crippen LogP contribution >= 0.6 is 23.2 Å². The normalized spacial score (nSPS) is 10.2. The third-order valence-corrected chi connectivity index (χ3v) is 3.27. The largest absolute Gasteiger partial charge is 0.478 e. The van der Waals surface area contributed by atoms with Crippen molar-refractivity contribution in [1.82, 2.24) is 4.98 Å². The summed E-state index contributed by atoms with van der Waals surface area (Å²) in [4.78, 5) is 27.0. The van der Waals surface area contributed by atoms with Gasteiger partial charge in [0.15, 0.2) is 0 Å². The second-order valence-corrected chi connectivity index (χ2v) is 4.88. The van der Waals surface area contributed by atoms with E-state index in [2.05, 4.69) is 9.72 Å². The molecule has 2 rings (SSSR count). The molecule has 1 N–H and O–H groups in total. The van der Waals surface area contributed by atoms with E-state index in [1.165, 1.54) is 31.5 Å². The molecule has 5 nitrogen and oxygen atoms in total. The fraction of sp³-hybridized carbons (Fsp3) is 0.0714. The highest BCUT2D eigenvalue weighted by atomic mass is 35.5. The van der Waals surface area contributed by atoms with Crippen LogP contribution < -0.4 is 0 Å². The molecule has 7 heteroatoms. The lowest BCUT2D eigenvalue weighted by Gasteiger charge is -2.09. The molecule has 0 bridgehead atoms.